The van der Waals surface area contributed by atoms with Gasteiger partial charge in [0.25, 0.3) is 0 Å². The van der Waals surface area contributed by atoms with Crippen LogP contribution in [0.25, 0.3) is 0 Å². The van der Waals surface area contributed by atoms with Crippen LogP contribution in [0.4, 0.5) is 5.69 Å². The number of nitrogens with zero attached hydrogens (tertiary/aromatic N) is 1. The Kier molecular flexibility index (Phi) is 5.26. The van der Waals surface area contributed by atoms with E-state index in [2.05, 4.69) is 52.7 Å². The highest BCUT2D eigenvalue weighted by atomic mass is 35.5. The molecule has 0 aromatic heterocycles. The van der Waals surface area contributed by atoms with Gasteiger partial charge < -0.3 is 5.11 Å². The normalized spacial score (nSPS) is 17.2. The van der Waals surface area contributed by atoms with E-state index in [1.165, 1.54) is 0 Å². The molecule has 0 saturated carbocycles. The van der Waals surface area contributed by atoms with Crippen molar-refractivity contribution in [3.8, 4) is 5.75 Å². The molecule has 1 aromatic rings. The highest BCUT2D eigenvalue weighted by molar-refractivity contribution is 6.52. The molecule has 0 amide bonds. The molecular weight excluding hydrogens is 334 g/mol. The largest absolute Gasteiger partial charge is 0.502 e. The Morgan fingerprint density at radius 1 is 1.04 bits per heavy atom. The molecule has 1 aliphatic rings. The van der Waals surface area contributed by atoms with Crippen LogP contribution in [0.5, 0.6) is 5.75 Å². The number of phenolic OH excluding ortho intramolecular Hbond substituents is 1. The summed E-state index contributed by atoms with van der Waals surface area (Å²) >= 11 is 5.99. The van der Waals surface area contributed by atoms with Crippen molar-refractivity contribution in [2.75, 3.05) is 0 Å². The third-order valence-corrected chi connectivity index (χ3v) is 4.35. The van der Waals surface area contributed by atoms with Crippen molar-refractivity contribution < 1.29 is 10.5 Å². The van der Waals surface area contributed by atoms with Crippen molar-refractivity contribution in [3.05, 3.63) is 46.5 Å². The number of benzene rings is 1. The molecule has 1 aromatic carbocycles. The summed E-state index contributed by atoms with van der Waals surface area (Å²) in [6.45, 7) is 12.7. The maximum absolute atomic E-state index is 10.8. The summed E-state index contributed by atoms with van der Waals surface area (Å²) in [7, 11) is 0. The Labute approximate surface area is 154 Å². The minimum absolute atomic E-state index is 0.0487. The summed E-state index contributed by atoms with van der Waals surface area (Å²) in [5.74, 6) is 0.234. The van der Waals surface area contributed by atoms with Gasteiger partial charge in [-0.3, -0.25) is 5.41 Å². The van der Waals surface area contributed by atoms with Crippen molar-refractivity contribution in [2.45, 2.75) is 52.4 Å². The van der Waals surface area contributed by atoms with Crippen LogP contribution in [0.2, 0.25) is 0 Å². The van der Waals surface area contributed by atoms with Crippen molar-refractivity contribution >= 4 is 28.7 Å². The predicted molar refractivity (Wildman–Crippen MR) is 105 cm³/mol. The van der Waals surface area contributed by atoms with Crippen molar-refractivity contribution in [1.82, 2.24) is 0 Å². The second kappa shape index (κ2) is 6.77. The molecule has 0 aliphatic heterocycles. The van der Waals surface area contributed by atoms with E-state index >= 15 is 0 Å². The summed E-state index contributed by atoms with van der Waals surface area (Å²) in [4.78, 5) is 0. The van der Waals surface area contributed by atoms with E-state index in [-0.39, 0.29) is 16.6 Å². The van der Waals surface area contributed by atoms with E-state index in [1.54, 1.807) is 23.7 Å². The number of nitrogens with two attached hydrogens (primary N) is 1. The first kappa shape index (κ1) is 19.4. The van der Waals surface area contributed by atoms with E-state index < -0.39 is 0 Å². The molecule has 0 atom stereocenters. The highest BCUT2D eigenvalue weighted by Crippen LogP contribution is 2.38. The predicted octanol–water partition coefficient (Wildman–Crippen LogP) is 4.25. The maximum atomic E-state index is 10.8. The SMILES string of the molecule is CC(C)(C)c1cc([NH2+]N=C2C=C(Cl)C=CC2=N)c(O)c(C(C)(C)C)c1. The smallest absolute Gasteiger partial charge is 0.198 e. The number of hydrogen-bond acceptors (Lipinski definition) is 3. The van der Waals surface area contributed by atoms with E-state index in [0.29, 0.717) is 22.1 Å². The van der Waals surface area contributed by atoms with Gasteiger partial charge in [0.2, 0.25) is 0 Å². The van der Waals surface area contributed by atoms with Gasteiger partial charge in [-0.05, 0) is 34.6 Å². The van der Waals surface area contributed by atoms with E-state index in [4.69, 9.17) is 17.0 Å². The average Bonchev–Trinajstić information content (AvgIpc) is 2.47. The van der Waals surface area contributed by atoms with Gasteiger partial charge in [-0.2, -0.15) is 5.43 Å². The molecule has 0 heterocycles. The maximum Gasteiger partial charge on any atom is 0.198 e. The molecular formula is C20H27ClN3O+. The number of phenols is 1. The number of aromatic hydroxyl groups is 1. The minimum atomic E-state index is -0.190. The van der Waals surface area contributed by atoms with Crippen LogP contribution in [0.15, 0.2) is 40.5 Å². The van der Waals surface area contributed by atoms with Crippen LogP contribution in [-0.2, 0) is 10.8 Å². The lowest BCUT2D eigenvalue weighted by Gasteiger charge is -2.26. The molecule has 2 rings (SSSR count). The standard InChI is InChI=1S/C20H26ClN3O/c1-19(2,3)12-9-14(20(4,5)6)18(25)17(10-12)24-23-16-11-13(21)7-8-15(16)22/h7-11,22,24-25H,1-6H3/p+1. The molecule has 25 heavy (non-hydrogen) atoms. The lowest BCUT2D eigenvalue weighted by molar-refractivity contribution is -0.577. The topological polar surface area (TPSA) is 73.0 Å². The van der Waals surface area contributed by atoms with Gasteiger partial charge in [0.15, 0.2) is 11.4 Å². The zero-order valence-corrected chi connectivity index (χ0v) is 16.5. The Hall–Kier alpha value is -1.91. The van der Waals surface area contributed by atoms with Gasteiger partial charge >= 0.3 is 0 Å². The number of hydrogen-bond donors (Lipinski definition) is 3. The first-order valence-corrected chi connectivity index (χ1v) is 8.70. The third-order valence-electron chi connectivity index (χ3n) is 4.12. The molecule has 0 unspecified atom stereocenters. The van der Waals surface area contributed by atoms with Gasteiger partial charge in [0.1, 0.15) is 5.71 Å². The van der Waals surface area contributed by atoms with Gasteiger partial charge in [-0.1, -0.05) is 64.3 Å². The Morgan fingerprint density at radius 2 is 1.68 bits per heavy atom. The number of rotatable bonds is 2. The molecule has 1 aliphatic carbocycles. The molecule has 0 saturated heterocycles. The Bertz CT molecular complexity index is 790. The molecule has 0 radical (unpaired) electrons. The third kappa shape index (κ3) is 4.59. The fraction of sp³-hybridized carbons (Fsp3) is 0.400. The van der Waals surface area contributed by atoms with Crippen LogP contribution in [0, 0.1) is 5.41 Å². The van der Waals surface area contributed by atoms with Crippen LogP contribution < -0.4 is 5.43 Å². The van der Waals surface area contributed by atoms with Gasteiger partial charge in [-0.25, -0.2) is 0 Å². The summed E-state index contributed by atoms with van der Waals surface area (Å²) in [6, 6.07) is 4.03. The summed E-state index contributed by atoms with van der Waals surface area (Å²) in [5, 5.41) is 23.6. The number of allylic oxidation sites excluding steroid dienone is 4. The second-order valence-electron chi connectivity index (χ2n) is 8.38. The second-order valence-corrected chi connectivity index (χ2v) is 8.82. The average molecular weight is 361 g/mol. The zero-order valence-electron chi connectivity index (χ0n) is 15.7. The fourth-order valence-electron chi connectivity index (χ4n) is 2.51. The van der Waals surface area contributed by atoms with Crippen LogP contribution in [0.3, 0.4) is 0 Å². The zero-order chi connectivity index (χ0) is 19.0. The summed E-state index contributed by atoms with van der Waals surface area (Å²) < 4.78 is 0. The first-order chi connectivity index (χ1) is 11.4. The lowest BCUT2D eigenvalue weighted by atomic mass is 9.80. The Morgan fingerprint density at radius 3 is 2.24 bits per heavy atom. The molecule has 0 spiro atoms. The van der Waals surface area contributed by atoms with Crippen LogP contribution >= 0.6 is 11.6 Å². The molecule has 5 heteroatoms. The minimum Gasteiger partial charge on any atom is -0.502 e. The van der Waals surface area contributed by atoms with E-state index in [1.807, 2.05) is 6.07 Å². The molecule has 0 fully saturated rings. The molecule has 4 N–H and O–H groups in total. The first-order valence-electron chi connectivity index (χ1n) is 8.33. The Balaban J connectivity index is 2.50. The van der Waals surface area contributed by atoms with Crippen molar-refractivity contribution in [2.24, 2.45) is 5.10 Å². The lowest BCUT2D eigenvalue weighted by Crippen LogP contribution is -2.72. The summed E-state index contributed by atoms with van der Waals surface area (Å²) in [6.07, 6.45) is 4.93. The monoisotopic (exact) mass is 360 g/mol. The summed E-state index contributed by atoms with van der Waals surface area (Å²) in [5.41, 5.74) is 4.82. The van der Waals surface area contributed by atoms with Crippen molar-refractivity contribution in [3.63, 3.8) is 0 Å². The van der Waals surface area contributed by atoms with Gasteiger partial charge in [-0.15, -0.1) is 0 Å². The quantitative estimate of drug-likeness (QED) is 0.238. The molecule has 0 bridgehead atoms. The van der Waals surface area contributed by atoms with Crippen LogP contribution in [-0.4, -0.2) is 16.5 Å². The van der Waals surface area contributed by atoms with Crippen molar-refractivity contribution in [1.29, 1.82) is 5.41 Å². The van der Waals surface area contributed by atoms with E-state index in [9.17, 15) is 5.11 Å². The van der Waals surface area contributed by atoms with Gasteiger partial charge in [0.05, 0.1) is 5.71 Å². The van der Waals surface area contributed by atoms with Gasteiger partial charge in [0, 0.05) is 16.7 Å². The van der Waals surface area contributed by atoms with E-state index in [0.717, 1.165) is 11.1 Å². The van der Waals surface area contributed by atoms with Crippen LogP contribution in [0.1, 0.15) is 52.7 Å². The molecule has 4 nitrogen and oxygen atoms in total. The number of halogens is 1. The molecule has 134 valence electrons. The highest BCUT2D eigenvalue weighted by Gasteiger charge is 2.26. The number of quaternary nitrogens is 1. The fourth-order valence-corrected chi connectivity index (χ4v) is 2.68. The number of nitrogens with one attached hydrogen (secondary N) is 1.